The molecule has 0 saturated heterocycles. The number of carbonyl (C=O) groups excluding carboxylic acids is 2. The number of methoxy groups -OCH3 is 1. The highest BCUT2D eigenvalue weighted by Crippen LogP contribution is 2.18. The van der Waals surface area contributed by atoms with Gasteiger partial charge < -0.3 is 10.1 Å². The Kier molecular flexibility index (Phi) is 4.80. The van der Waals surface area contributed by atoms with Gasteiger partial charge in [0.05, 0.1) is 23.3 Å². The fourth-order valence-corrected chi connectivity index (χ4v) is 2.56. The second-order valence-electron chi connectivity index (χ2n) is 4.79. The van der Waals surface area contributed by atoms with E-state index in [0.29, 0.717) is 5.69 Å². The van der Waals surface area contributed by atoms with Crippen LogP contribution >= 0.6 is 0 Å². The monoisotopic (exact) mass is 333 g/mol. The van der Waals surface area contributed by atoms with Crippen molar-refractivity contribution in [2.24, 2.45) is 0 Å². The minimum atomic E-state index is -3.32. The molecule has 0 radical (unpaired) electrons. The van der Waals surface area contributed by atoms with E-state index in [1.165, 1.54) is 37.4 Å². The maximum Gasteiger partial charge on any atom is 0.339 e. The molecule has 0 saturated carbocycles. The summed E-state index contributed by atoms with van der Waals surface area (Å²) in [5.41, 5.74) is 0.824. The van der Waals surface area contributed by atoms with Crippen LogP contribution in [0.4, 0.5) is 5.69 Å². The highest BCUT2D eigenvalue weighted by molar-refractivity contribution is 7.90. The highest BCUT2D eigenvalue weighted by Gasteiger charge is 2.15. The predicted molar refractivity (Wildman–Crippen MR) is 85.3 cm³/mol. The molecule has 0 fully saturated rings. The minimum absolute atomic E-state index is 0.129. The van der Waals surface area contributed by atoms with E-state index in [9.17, 15) is 18.0 Å². The lowest BCUT2D eigenvalue weighted by molar-refractivity contribution is 0.0602. The average Bonchev–Trinajstić information content (AvgIpc) is 2.54. The van der Waals surface area contributed by atoms with Crippen molar-refractivity contribution in [3.8, 4) is 0 Å². The fraction of sp³-hybridized carbons (Fsp3) is 0.125. The van der Waals surface area contributed by atoms with Crippen molar-refractivity contribution < 1.29 is 22.7 Å². The van der Waals surface area contributed by atoms with Gasteiger partial charge in [0.25, 0.3) is 5.91 Å². The van der Waals surface area contributed by atoms with Crippen molar-refractivity contribution in [3.05, 3.63) is 59.7 Å². The number of esters is 1. The topological polar surface area (TPSA) is 89.5 Å². The van der Waals surface area contributed by atoms with E-state index >= 15 is 0 Å². The molecule has 0 bridgehead atoms. The zero-order chi connectivity index (χ0) is 17.0. The summed E-state index contributed by atoms with van der Waals surface area (Å²) in [5, 5.41) is 2.61. The second kappa shape index (κ2) is 6.62. The van der Waals surface area contributed by atoms with E-state index in [1.54, 1.807) is 18.2 Å². The number of sulfone groups is 1. The van der Waals surface area contributed by atoms with Crippen LogP contribution < -0.4 is 5.32 Å². The molecule has 7 heteroatoms. The molecule has 0 aliphatic rings. The first kappa shape index (κ1) is 16.7. The van der Waals surface area contributed by atoms with Gasteiger partial charge in [-0.1, -0.05) is 12.1 Å². The van der Waals surface area contributed by atoms with E-state index in [4.69, 9.17) is 0 Å². The number of para-hydroxylation sites is 1. The summed E-state index contributed by atoms with van der Waals surface area (Å²) in [6, 6.07) is 12.0. The lowest BCUT2D eigenvalue weighted by atomic mass is 10.1. The molecule has 2 rings (SSSR count). The predicted octanol–water partition coefficient (Wildman–Crippen LogP) is 2.13. The molecule has 0 aliphatic heterocycles. The van der Waals surface area contributed by atoms with Crippen LogP contribution in [0, 0.1) is 0 Å². The van der Waals surface area contributed by atoms with Gasteiger partial charge in [-0.25, -0.2) is 13.2 Å². The molecule has 6 nitrogen and oxygen atoms in total. The van der Waals surface area contributed by atoms with Crippen LogP contribution in [-0.2, 0) is 14.6 Å². The third kappa shape index (κ3) is 3.95. The Bertz CT molecular complexity index is 841. The number of rotatable bonds is 4. The van der Waals surface area contributed by atoms with Crippen LogP contribution in [-0.4, -0.2) is 33.7 Å². The van der Waals surface area contributed by atoms with Gasteiger partial charge >= 0.3 is 5.97 Å². The summed E-state index contributed by atoms with van der Waals surface area (Å²) in [4.78, 5) is 24.0. The quantitative estimate of drug-likeness (QED) is 0.866. The van der Waals surface area contributed by atoms with Crippen LogP contribution in [0.5, 0.6) is 0 Å². The molecule has 120 valence electrons. The Balaban J connectivity index is 2.25. The van der Waals surface area contributed by atoms with Crippen LogP contribution in [0.3, 0.4) is 0 Å². The van der Waals surface area contributed by atoms with Crippen molar-refractivity contribution >= 4 is 27.4 Å². The molecule has 1 N–H and O–H groups in total. The molecule has 0 aliphatic carbocycles. The maximum absolute atomic E-state index is 12.2. The summed E-state index contributed by atoms with van der Waals surface area (Å²) < 4.78 is 27.5. The number of anilines is 1. The van der Waals surface area contributed by atoms with E-state index in [2.05, 4.69) is 10.1 Å². The Morgan fingerprint density at radius 2 is 1.61 bits per heavy atom. The fourth-order valence-electron chi connectivity index (χ4n) is 1.93. The standard InChI is InChI=1S/C16H15NO5S/c1-22-16(19)13-5-3-4-6-14(13)17-15(18)11-7-9-12(10-8-11)23(2,20)21/h3-10H,1-2H3,(H,17,18). The summed E-state index contributed by atoms with van der Waals surface area (Å²) in [6.45, 7) is 0. The van der Waals surface area contributed by atoms with Crippen molar-refractivity contribution in [3.63, 3.8) is 0 Å². The Labute approximate surface area is 134 Å². The molecular weight excluding hydrogens is 318 g/mol. The number of nitrogens with one attached hydrogen (secondary N) is 1. The van der Waals surface area contributed by atoms with Gasteiger partial charge in [0.2, 0.25) is 0 Å². The summed E-state index contributed by atoms with van der Waals surface area (Å²) in [5.74, 6) is -1.02. The lowest BCUT2D eigenvalue weighted by Gasteiger charge is -2.09. The van der Waals surface area contributed by atoms with Crippen molar-refractivity contribution in [1.82, 2.24) is 0 Å². The van der Waals surface area contributed by atoms with Gasteiger partial charge in [0.15, 0.2) is 9.84 Å². The molecule has 0 atom stereocenters. The molecule has 0 aromatic heterocycles. The van der Waals surface area contributed by atoms with E-state index in [0.717, 1.165) is 6.26 Å². The molecular formula is C16H15NO5S. The second-order valence-corrected chi connectivity index (χ2v) is 6.80. The number of benzene rings is 2. The number of ether oxygens (including phenoxy) is 1. The summed E-state index contributed by atoms with van der Waals surface area (Å²) in [6.07, 6.45) is 1.09. The van der Waals surface area contributed by atoms with Gasteiger partial charge in [-0.15, -0.1) is 0 Å². The zero-order valence-corrected chi connectivity index (χ0v) is 13.4. The van der Waals surface area contributed by atoms with Gasteiger partial charge in [-0.3, -0.25) is 4.79 Å². The summed E-state index contributed by atoms with van der Waals surface area (Å²) >= 11 is 0. The number of carbonyl (C=O) groups is 2. The molecule has 0 unspecified atom stereocenters. The number of hydrogen-bond acceptors (Lipinski definition) is 5. The van der Waals surface area contributed by atoms with E-state index < -0.39 is 21.7 Å². The first-order valence-corrected chi connectivity index (χ1v) is 8.51. The van der Waals surface area contributed by atoms with Gasteiger partial charge in [-0.05, 0) is 36.4 Å². The normalized spacial score (nSPS) is 10.9. The molecule has 2 aromatic rings. The van der Waals surface area contributed by atoms with Crippen molar-refractivity contribution in [2.45, 2.75) is 4.90 Å². The van der Waals surface area contributed by atoms with Crippen molar-refractivity contribution in [2.75, 3.05) is 18.7 Å². The third-order valence-corrected chi connectivity index (χ3v) is 4.25. The van der Waals surface area contributed by atoms with Crippen LogP contribution in [0.2, 0.25) is 0 Å². The van der Waals surface area contributed by atoms with Crippen LogP contribution in [0.1, 0.15) is 20.7 Å². The van der Waals surface area contributed by atoms with Crippen LogP contribution in [0.15, 0.2) is 53.4 Å². The number of hydrogen-bond donors (Lipinski definition) is 1. The minimum Gasteiger partial charge on any atom is -0.465 e. The smallest absolute Gasteiger partial charge is 0.339 e. The van der Waals surface area contributed by atoms with E-state index in [1.807, 2.05) is 0 Å². The van der Waals surface area contributed by atoms with Crippen LogP contribution in [0.25, 0.3) is 0 Å². The number of amides is 1. The molecule has 0 heterocycles. The van der Waals surface area contributed by atoms with E-state index in [-0.39, 0.29) is 16.0 Å². The third-order valence-electron chi connectivity index (χ3n) is 3.13. The highest BCUT2D eigenvalue weighted by atomic mass is 32.2. The first-order valence-electron chi connectivity index (χ1n) is 6.62. The molecule has 2 aromatic carbocycles. The Morgan fingerprint density at radius 3 is 2.17 bits per heavy atom. The first-order chi connectivity index (χ1) is 10.8. The maximum atomic E-state index is 12.2. The SMILES string of the molecule is COC(=O)c1ccccc1NC(=O)c1ccc(S(C)(=O)=O)cc1. The zero-order valence-electron chi connectivity index (χ0n) is 12.6. The summed E-state index contributed by atoms with van der Waals surface area (Å²) in [7, 11) is -2.06. The molecule has 0 spiro atoms. The van der Waals surface area contributed by atoms with Gasteiger partial charge in [0.1, 0.15) is 0 Å². The molecule has 1 amide bonds. The largest absolute Gasteiger partial charge is 0.465 e. The van der Waals surface area contributed by atoms with Gasteiger partial charge in [-0.2, -0.15) is 0 Å². The Morgan fingerprint density at radius 1 is 1.00 bits per heavy atom. The Hall–Kier alpha value is -2.67. The van der Waals surface area contributed by atoms with Gasteiger partial charge in [0, 0.05) is 11.8 Å². The average molecular weight is 333 g/mol. The van der Waals surface area contributed by atoms with Crippen molar-refractivity contribution in [1.29, 1.82) is 0 Å². The lowest BCUT2D eigenvalue weighted by Crippen LogP contribution is -2.15. The molecule has 23 heavy (non-hydrogen) atoms.